The molecule has 2 rings (SSSR count). The molecule has 0 saturated heterocycles. The van der Waals surface area contributed by atoms with E-state index < -0.39 is 28.1 Å². The lowest BCUT2D eigenvalue weighted by Gasteiger charge is -2.08. The van der Waals surface area contributed by atoms with Crippen LogP contribution in [0.2, 0.25) is 0 Å². The fourth-order valence-electron chi connectivity index (χ4n) is 2.04. The number of nitrogens with one attached hydrogen (secondary N) is 1. The average Bonchev–Trinajstić information content (AvgIpc) is 2.53. The van der Waals surface area contributed by atoms with Gasteiger partial charge in [0.1, 0.15) is 0 Å². The van der Waals surface area contributed by atoms with Crippen molar-refractivity contribution in [3.05, 3.63) is 69.3 Å². The Kier molecular flexibility index (Phi) is 4.92. The zero-order valence-electron chi connectivity index (χ0n) is 12.6. The van der Waals surface area contributed by atoms with Gasteiger partial charge in [-0.1, -0.05) is 30.0 Å². The number of nitrogens with zero attached hydrogens (tertiary/aromatic N) is 1. The van der Waals surface area contributed by atoms with E-state index in [2.05, 4.69) is 17.2 Å². The van der Waals surface area contributed by atoms with Gasteiger partial charge >= 0.3 is 5.97 Å². The standard InChI is InChI=1S/C17H12N2O5/c1-11(20)18-14-9-10-15(19(23)24)16(17(21)22)13(14)8-7-12-5-3-2-4-6-12/h2-6,9-10H,1H3,(H,18,20)(H,21,22). The fraction of sp³-hybridized carbons (Fsp3) is 0.0588. The summed E-state index contributed by atoms with van der Waals surface area (Å²) in [5.41, 5.74) is -0.553. The van der Waals surface area contributed by atoms with Crippen molar-refractivity contribution in [1.82, 2.24) is 0 Å². The van der Waals surface area contributed by atoms with Gasteiger partial charge in [0, 0.05) is 18.6 Å². The third-order valence-electron chi connectivity index (χ3n) is 3.01. The monoisotopic (exact) mass is 324 g/mol. The van der Waals surface area contributed by atoms with Crippen LogP contribution in [0.4, 0.5) is 11.4 Å². The van der Waals surface area contributed by atoms with Crippen molar-refractivity contribution in [2.75, 3.05) is 5.32 Å². The number of rotatable bonds is 3. The van der Waals surface area contributed by atoms with Gasteiger partial charge in [0.25, 0.3) is 5.69 Å². The summed E-state index contributed by atoms with van der Waals surface area (Å²) in [5, 5.41) is 22.9. The Morgan fingerprint density at radius 1 is 1.12 bits per heavy atom. The van der Waals surface area contributed by atoms with Crippen LogP contribution < -0.4 is 5.32 Å². The van der Waals surface area contributed by atoms with E-state index in [4.69, 9.17) is 0 Å². The van der Waals surface area contributed by atoms with Crippen molar-refractivity contribution >= 4 is 23.3 Å². The summed E-state index contributed by atoms with van der Waals surface area (Å²) in [5.74, 6) is 3.44. The molecule has 2 aromatic rings. The number of amides is 1. The highest BCUT2D eigenvalue weighted by molar-refractivity contribution is 6.00. The minimum Gasteiger partial charge on any atom is -0.477 e. The minimum atomic E-state index is -1.49. The molecule has 0 atom stereocenters. The number of carboxylic acids is 1. The lowest BCUT2D eigenvalue weighted by molar-refractivity contribution is -0.385. The Labute approximate surface area is 137 Å². The zero-order chi connectivity index (χ0) is 17.7. The van der Waals surface area contributed by atoms with Gasteiger partial charge in [-0.25, -0.2) is 4.79 Å². The van der Waals surface area contributed by atoms with E-state index in [0.717, 1.165) is 6.07 Å². The van der Waals surface area contributed by atoms with Crippen LogP contribution >= 0.6 is 0 Å². The first-order valence-corrected chi connectivity index (χ1v) is 6.79. The van der Waals surface area contributed by atoms with Crippen molar-refractivity contribution in [2.24, 2.45) is 0 Å². The van der Waals surface area contributed by atoms with Crippen LogP contribution in [0.15, 0.2) is 42.5 Å². The first-order chi connectivity index (χ1) is 11.4. The highest BCUT2D eigenvalue weighted by Crippen LogP contribution is 2.28. The second kappa shape index (κ2) is 7.07. The predicted molar refractivity (Wildman–Crippen MR) is 86.8 cm³/mol. The van der Waals surface area contributed by atoms with Crippen molar-refractivity contribution in [2.45, 2.75) is 6.92 Å². The van der Waals surface area contributed by atoms with Gasteiger partial charge in [-0.15, -0.1) is 0 Å². The van der Waals surface area contributed by atoms with E-state index in [-0.39, 0.29) is 11.3 Å². The van der Waals surface area contributed by atoms with Gasteiger partial charge in [-0.2, -0.15) is 0 Å². The topological polar surface area (TPSA) is 110 Å². The molecule has 24 heavy (non-hydrogen) atoms. The van der Waals surface area contributed by atoms with Gasteiger partial charge < -0.3 is 10.4 Å². The number of benzene rings is 2. The van der Waals surface area contributed by atoms with Crippen molar-refractivity contribution in [3.63, 3.8) is 0 Å². The van der Waals surface area contributed by atoms with E-state index in [0.29, 0.717) is 5.56 Å². The van der Waals surface area contributed by atoms with Gasteiger partial charge in [0.2, 0.25) is 5.91 Å². The van der Waals surface area contributed by atoms with Crippen molar-refractivity contribution in [1.29, 1.82) is 0 Å². The number of carbonyl (C=O) groups excluding carboxylic acids is 1. The SMILES string of the molecule is CC(=O)Nc1ccc([N+](=O)[O-])c(C(=O)O)c1C#Cc1ccccc1. The van der Waals surface area contributed by atoms with Crippen LogP contribution in [0, 0.1) is 22.0 Å². The molecule has 0 fully saturated rings. The molecule has 7 nitrogen and oxygen atoms in total. The van der Waals surface area contributed by atoms with Crippen LogP contribution in [0.1, 0.15) is 28.4 Å². The number of hydrogen-bond donors (Lipinski definition) is 2. The number of carbonyl (C=O) groups is 2. The molecule has 0 aliphatic heterocycles. The van der Waals surface area contributed by atoms with E-state index in [9.17, 15) is 24.8 Å². The Balaban J connectivity index is 2.70. The Hall–Kier alpha value is -3.66. The van der Waals surface area contributed by atoms with E-state index in [1.54, 1.807) is 30.3 Å². The molecule has 2 aromatic carbocycles. The smallest absolute Gasteiger partial charge is 0.344 e. The molecule has 0 saturated carbocycles. The molecule has 120 valence electrons. The normalized spacial score (nSPS) is 9.54. The number of nitro benzene ring substituents is 1. The molecule has 0 radical (unpaired) electrons. The highest BCUT2D eigenvalue weighted by Gasteiger charge is 2.26. The Morgan fingerprint density at radius 2 is 1.79 bits per heavy atom. The number of hydrogen-bond acceptors (Lipinski definition) is 4. The lowest BCUT2D eigenvalue weighted by Crippen LogP contribution is -2.12. The van der Waals surface area contributed by atoms with Gasteiger partial charge in [-0.05, 0) is 18.2 Å². The number of carboxylic acid groups (broad SMARTS) is 1. The molecular formula is C17H12N2O5. The molecule has 0 aliphatic rings. The Bertz CT molecular complexity index is 879. The fourth-order valence-corrected chi connectivity index (χ4v) is 2.04. The summed E-state index contributed by atoms with van der Waals surface area (Å²) < 4.78 is 0. The highest BCUT2D eigenvalue weighted by atomic mass is 16.6. The van der Waals surface area contributed by atoms with E-state index >= 15 is 0 Å². The second-order valence-corrected chi connectivity index (χ2v) is 4.74. The lowest BCUT2D eigenvalue weighted by atomic mass is 10.0. The van der Waals surface area contributed by atoms with E-state index in [1.165, 1.54) is 13.0 Å². The number of anilines is 1. The molecular weight excluding hydrogens is 312 g/mol. The third-order valence-corrected chi connectivity index (χ3v) is 3.01. The maximum atomic E-state index is 11.5. The quantitative estimate of drug-likeness (QED) is 0.512. The van der Waals surface area contributed by atoms with Crippen molar-refractivity contribution < 1.29 is 19.6 Å². The molecule has 0 aromatic heterocycles. The molecule has 0 unspecified atom stereocenters. The van der Waals surface area contributed by atoms with Crippen LogP contribution in [-0.4, -0.2) is 21.9 Å². The summed E-state index contributed by atoms with van der Waals surface area (Å²) in [6.45, 7) is 1.25. The average molecular weight is 324 g/mol. The first-order valence-electron chi connectivity index (χ1n) is 6.79. The summed E-state index contributed by atoms with van der Waals surface area (Å²) in [6, 6.07) is 11.0. The largest absolute Gasteiger partial charge is 0.477 e. The van der Waals surface area contributed by atoms with Crippen LogP contribution in [0.3, 0.4) is 0 Å². The number of aromatic carboxylic acids is 1. The van der Waals surface area contributed by atoms with Crippen LogP contribution in [0.25, 0.3) is 0 Å². The molecule has 1 amide bonds. The summed E-state index contributed by atoms with van der Waals surface area (Å²) >= 11 is 0. The molecule has 0 spiro atoms. The maximum absolute atomic E-state index is 11.5. The molecule has 0 heterocycles. The predicted octanol–water partition coefficient (Wildman–Crippen LogP) is 2.65. The van der Waals surface area contributed by atoms with Gasteiger partial charge in [0.05, 0.1) is 16.2 Å². The van der Waals surface area contributed by atoms with Crippen LogP contribution in [0.5, 0.6) is 0 Å². The summed E-state index contributed by atoms with van der Waals surface area (Å²) in [7, 11) is 0. The first kappa shape index (κ1) is 16.7. The third kappa shape index (κ3) is 3.75. The van der Waals surface area contributed by atoms with Crippen molar-refractivity contribution in [3.8, 4) is 11.8 Å². The molecule has 0 aliphatic carbocycles. The van der Waals surface area contributed by atoms with Gasteiger partial charge in [0.15, 0.2) is 5.56 Å². The molecule has 2 N–H and O–H groups in total. The van der Waals surface area contributed by atoms with Crippen LogP contribution in [-0.2, 0) is 4.79 Å². The van der Waals surface area contributed by atoms with E-state index in [1.807, 2.05) is 0 Å². The summed E-state index contributed by atoms with van der Waals surface area (Å²) in [6.07, 6.45) is 0. The molecule has 0 bridgehead atoms. The number of nitro groups is 1. The van der Waals surface area contributed by atoms with Gasteiger partial charge in [-0.3, -0.25) is 14.9 Å². The molecule has 7 heteroatoms. The zero-order valence-corrected chi connectivity index (χ0v) is 12.6. The summed E-state index contributed by atoms with van der Waals surface area (Å²) in [4.78, 5) is 33.1. The minimum absolute atomic E-state index is 0.105. The maximum Gasteiger partial charge on any atom is 0.344 e. The Morgan fingerprint density at radius 3 is 2.33 bits per heavy atom. The second-order valence-electron chi connectivity index (χ2n) is 4.74.